The van der Waals surface area contributed by atoms with Gasteiger partial charge in [-0.2, -0.15) is 5.26 Å². The highest BCUT2D eigenvalue weighted by atomic mass is 16.3. The maximum atomic E-state index is 11.7. The molecular formula is C19H27NO2. The normalized spacial score (nSPS) is 47.6. The summed E-state index contributed by atoms with van der Waals surface area (Å²) in [6, 6.07) is 2.33. The first-order valence-corrected chi connectivity index (χ1v) is 8.65. The van der Waals surface area contributed by atoms with Gasteiger partial charge in [0.25, 0.3) is 0 Å². The highest BCUT2D eigenvalue weighted by molar-refractivity contribution is 5.60. The molecule has 3 aliphatic rings. The Morgan fingerprint density at radius 3 is 2.86 bits per heavy atom. The largest absolute Gasteiger partial charge is 0.393 e. The van der Waals surface area contributed by atoms with Crippen LogP contribution in [-0.4, -0.2) is 17.5 Å². The molecule has 3 aliphatic carbocycles. The quantitative estimate of drug-likeness (QED) is 0.626. The van der Waals surface area contributed by atoms with Gasteiger partial charge in [0.2, 0.25) is 0 Å². The number of carbonyl (C=O) groups is 1. The lowest BCUT2D eigenvalue weighted by atomic mass is 9.47. The molecule has 0 heterocycles. The van der Waals surface area contributed by atoms with Crippen LogP contribution in [0.1, 0.15) is 58.8 Å². The minimum atomic E-state index is -0.340. The summed E-state index contributed by atoms with van der Waals surface area (Å²) in [7, 11) is 0. The van der Waals surface area contributed by atoms with Crippen LogP contribution in [0.2, 0.25) is 0 Å². The van der Waals surface area contributed by atoms with Gasteiger partial charge in [-0.1, -0.05) is 25.5 Å². The van der Waals surface area contributed by atoms with Crippen LogP contribution >= 0.6 is 0 Å². The van der Waals surface area contributed by atoms with Crippen LogP contribution < -0.4 is 0 Å². The van der Waals surface area contributed by atoms with E-state index in [4.69, 9.17) is 0 Å². The topological polar surface area (TPSA) is 61.1 Å². The first-order valence-electron chi connectivity index (χ1n) is 8.65. The molecule has 0 saturated heterocycles. The van der Waals surface area contributed by atoms with Crippen LogP contribution in [0.3, 0.4) is 0 Å². The number of rotatable bonds is 2. The van der Waals surface area contributed by atoms with Crippen molar-refractivity contribution < 1.29 is 9.90 Å². The minimum absolute atomic E-state index is 0.167. The van der Waals surface area contributed by atoms with E-state index in [1.807, 2.05) is 6.92 Å². The predicted octanol–water partition coefficient (Wildman–Crippen LogP) is 3.63. The van der Waals surface area contributed by atoms with Gasteiger partial charge in [0, 0.05) is 11.8 Å². The second kappa shape index (κ2) is 5.49. The van der Waals surface area contributed by atoms with Gasteiger partial charge in [-0.3, -0.25) is 0 Å². The zero-order chi connectivity index (χ0) is 16.0. The molecule has 1 N–H and O–H groups in total. The summed E-state index contributed by atoms with van der Waals surface area (Å²) in [6.07, 6.45) is 9.41. The number of aliphatic hydroxyl groups is 1. The SMILES string of the molecule is C[C@]1(C=O)CC[C@H]2[C@@H](CC=C3C[C@@H](O)CC[C@@]32C)C1CC#N. The zero-order valence-corrected chi connectivity index (χ0v) is 13.7. The summed E-state index contributed by atoms with van der Waals surface area (Å²) < 4.78 is 0. The summed E-state index contributed by atoms with van der Waals surface area (Å²) in [5.74, 6) is 1.18. The van der Waals surface area contributed by atoms with E-state index in [0.717, 1.165) is 44.8 Å². The van der Waals surface area contributed by atoms with Crippen molar-refractivity contribution in [3.8, 4) is 6.07 Å². The van der Waals surface area contributed by atoms with Crippen molar-refractivity contribution in [1.29, 1.82) is 5.26 Å². The van der Waals surface area contributed by atoms with E-state index in [-0.39, 0.29) is 22.9 Å². The summed E-state index contributed by atoms with van der Waals surface area (Å²) >= 11 is 0. The fourth-order valence-electron chi connectivity index (χ4n) is 5.62. The van der Waals surface area contributed by atoms with Crippen LogP contribution in [-0.2, 0) is 4.79 Å². The maximum absolute atomic E-state index is 11.7. The molecule has 1 unspecified atom stereocenters. The van der Waals surface area contributed by atoms with E-state index in [0.29, 0.717) is 18.3 Å². The zero-order valence-electron chi connectivity index (χ0n) is 13.7. The molecule has 2 saturated carbocycles. The van der Waals surface area contributed by atoms with Gasteiger partial charge in [0.1, 0.15) is 6.29 Å². The Bertz CT molecular complexity index is 534. The molecule has 3 rings (SSSR count). The van der Waals surface area contributed by atoms with E-state index in [1.54, 1.807) is 0 Å². The number of aldehydes is 1. The van der Waals surface area contributed by atoms with E-state index in [9.17, 15) is 15.2 Å². The second-order valence-corrected chi connectivity index (χ2v) is 8.18. The third-order valence-electron chi connectivity index (χ3n) is 7.10. The van der Waals surface area contributed by atoms with E-state index < -0.39 is 0 Å². The molecule has 0 amide bonds. The molecule has 6 atom stereocenters. The molecule has 120 valence electrons. The number of nitriles is 1. The van der Waals surface area contributed by atoms with Crippen LogP contribution in [0.4, 0.5) is 0 Å². The van der Waals surface area contributed by atoms with E-state index in [2.05, 4.69) is 19.1 Å². The van der Waals surface area contributed by atoms with Gasteiger partial charge >= 0.3 is 0 Å². The smallest absolute Gasteiger partial charge is 0.126 e. The van der Waals surface area contributed by atoms with Crippen molar-refractivity contribution >= 4 is 6.29 Å². The predicted molar refractivity (Wildman–Crippen MR) is 84.8 cm³/mol. The second-order valence-electron chi connectivity index (χ2n) is 8.18. The number of allylic oxidation sites excluding steroid dienone is 1. The first-order chi connectivity index (χ1) is 10.4. The third kappa shape index (κ3) is 2.24. The van der Waals surface area contributed by atoms with Gasteiger partial charge < -0.3 is 9.90 Å². The summed E-state index contributed by atoms with van der Waals surface area (Å²) in [5.41, 5.74) is 1.25. The number of fused-ring (bicyclic) bond motifs is 3. The Labute approximate surface area is 133 Å². The first kappa shape index (κ1) is 15.7. The lowest BCUT2D eigenvalue weighted by Gasteiger charge is -2.57. The number of carbonyl (C=O) groups excluding carboxylic acids is 1. The van der Waals surface area contributed by atoms with Gasteiger partial charge in [0.05, 0.1) is 12.2 Å². The van der Waals surface area contributed by atoms with E-state index >= 15 is 0 Å². The molecule has 0 bridgehead atoms. The van der Waals surface area contributed by atoms with Gasteiger partial charge in [-0.15, -0.1) is 0 Å². The number of aliphatic hydroxyl groups excluding tert-OH is 1. The van der Waals surface area contributed by atoms with Crippen LogP contribution in [0.25, 0.3) is 0 Å². The third-order valence-corrected chi connectivity index (χ3v) is 7.10. The number of hydrogen-bond acceptors (Lipinski definition) is 3. The lowest BCUT2D eigenvalue weighted by molar-refractivity contribution is -0.126. The van der Waals surface area contributed by atoms with Crippen LogP contribution in [0, 0.1) is 39.9 Å². The van der Waals surface area contributed by atoms with Crippen molar-refractivity contribution in [3.63, 3.8) is 0 Å². The minimum Gasteiger partial charge on any atom is -0.393 e. The molecule has 0 radical (unpaired) electrons. The van der Waals surface area contributed by atoms with Crippen LogP contribution in [0.15, 0.2) is 11.6 Å². The molecule has 0 aromatic carbocycles. The molecule has 2 fully saturated rings. The molecule has 3 nitrogen and oxygen atoms in total. The average Bonchev–Trinajstić information content (AvgIpc) is 2.51. The highest BCUT2D eigenvalue weighted by Gasteiger charge is 2.54. The Balaban J connectivity index is 1.96. The fourth-order valence-corrected chi connectivity index (χ4v) is 5.62. The van der Waals surface area contributed by atoms with Crippen molar-refractivity contribution in [3.05, 3.63) is 11.6 Å². The molecule has 0 aliphatic heterocycles. The molecule has 22 heavy (non-hydrogen) atoms. The summed E-state index contributed by atoms with van der Waals surface area (Å²) in [6.45, 7) is 4.40. The Morgan fingerprint density at radius 1 is 1.41 bits per heavy atom. The maximum Gasteiger partial charge on any atom is 0.126 e. The monoisotopic (exact) mass is 301 g/mol. The van der Waals surface area contributed by atoms with Crippen LogP contribution in [0.5, 0.6) is 0 Å². The van der Waals surface area contributed by atoms with Gasteiger partial charge in [-0.25, -0.2) is 0 Å². The fraction of sp³-hybridized carbons (Fsp3) is 0.789. The molecule has 3 heteroatoms. The molecular weight excluding hydrogens is 274 g/mol. The molecule has 0 aromatic heterocycles. The Morgan fingerprint density at radius 2 is 2.18 bits per heavy atom. The van der Waals surface area contributed by atoms with Crippen molar-refractivity contribution in [2.75, 3.05) is 0 Å². The molecule has 0 aromatic rings. The highest BCUT2D eigenvalue weighted by Crippen LogP contribution is 2.61. The Hall–Kier alpha value is -1.14. The lowest BCUT2D eigenvalue weighted by Crippen LogP contribution is -2.51. The number of hydrogen-bond donors (Lipinski definition) is 1. The average molecular weight is 301 g/mol. The van der Waals surface area contributed by atoms with Gasteiger partial charge in [-0.05, 0) is 61.7 Å². The van der Waals surface area contributed by atoms with Crippen molar-refractivity contribution in [2.45, 2.75) is 64.9 Å². The summed E-state index contributed by atoms with van der Waals surface area (Å²) in [4.78, 5) is 11.7. The standard InChI is InChI=1S/C19H27NO2/c1-18(12-21)8-6-17-15(16(18)7-10-20)4-3-13-11-14(22)5-9-19(13,17)2/h3,12,14-17,22H,4-9,11H2,1-2H3/t14-,15-,16?,17-,18+,19-/m0/s1. The van der Waals surface area contributed by atoms with E-state index in [1.165, 1.54) is 5.57 Å². The summed E-state index contributed by atoms with van der Waals surface area (Å²) in [5, 5.41) is 19.2. The Kier molecular flexibility index (Phi) is 3.93. The molecule has 0 spiro atoms. The van der Waals surface area contributed by atoms with Gasteiger partial charge in [0.15, 0.2) is 0 Å². The van der Waals surface area contributed by atoms with Crippen molar-refractivity contribution in [1.82, 2.24) is 0 Å². The number of nitrogens with zero attached hydrogens (tertiary/aromatic N) is 1. The van der Waals surface area contributed by atoms with Crippen molar-refractivity contribution in [2.24, 2.45) is 28.6 Å².